The number of phenolic OH excluding ortho intramolecular Hbond substituents is 1. The highest BCUT2D eigenvalue weighted by Gasteiger charge is 2.49. The molecule has 14 heteroatoms. The molecule has 46 heavy (non-hydrogen) atoms. The average molecular weight is 653 g/mol. The number of benzene rings is 2. The van der Waals surface area contributed by atoms with Crippen LogP contribution in [0.3, 0.4) is 0 Å². The van der Waals surface area contributed by atoms with Crippen LogP contribution in [0.4, 0.5) is 19.0 Å². The number of halogens is 3. The fraction of sp³-hybridized carbons (Fsp3) is 0.406. The molecule has 240 valence electrons. The first kappa shape index (κ1) is 30.5. The number of pyridine rings is 1. The number of sulfonamides is 1. The fourth-order valence-corrected chi connectivity index (χ4v) is 8.14. The molecule has 0 spiro atoms. The minimum absolute atomic E-state index is 0.0624. The molecule has 3 saturated heterocycles. The number of alkyl halides is 1. The van der Waals surface area contributed by atoms with Gasteiger partial charge in [0.1, 0.15) is 41.4 Å². The summed E-state index contributed by atoms with van der Waals surface area (Å²) in [6.45, 7) is 1.68. The van der Waals surface area contributed by atoms with Crippen molar-refractivity contribution in [2.75, 3.05) is 57.0 Å². The molecule has 0 bridgehead atoms. The van der Waals surface area contributed by atoms with Gasteiger partial charge < -0.3 is 14.7 Å². The van der Waals surface area contributed by atoms with Gasteiger partial charge in [-0.25, -0.2) is 25.9 Å². The zero-order valence-electron chi connectivity index (χ0n) is 25.0. The van der Waals surface area contributed by atoms with Crippen molar-refractivity contribution in [1.82, 2.24) is 24.2 Å². The predicted molar refractivity (Wildman–Crippen MR) is 167 cm³/mol. The highest BCUT2D eigenvalue weighted by Crippen LogP contribution is 2.41. The third-order valence-electron chi connectivity index (χ3n) is 9.40. The number of fused-ring (bicyclic) bond motifs is 3. The number of hydrogen-bond donors (Lipinski definition) is 1. The maximum atomic E-state index is 16.7. The lowest BCUT2D eigenvalue weighted by molar-refractivity contribution is 0.107. The zero-order chi connectivity index (χ0) is 32.4. The molecule has 2 atom stereocenters. The molecule has 5 heterocycles. The number of anilines is 1. The van der Waals surface area contributed by atoms with Crippen molar-refractivity contribution in [2.24, 2.45) is 0 Å². The number of ether oxygens (including phenoxy) is 1. The average Bonchev–Trinajstić information content (AvgIpc) is 3.51. The molecule has 2 aromatic carbocycles. The van der Waals surface area contributed by atoms with Gasteiger partial charge in [-0.05, 0) is 43.0 Å². The van der Waals surface area contributed by atoms with Gasteiger partial charge in [-0.15, -0.1) is 6.42 Å². The molecule has 3 fully saturated rings. The SMILES string of the molecule is C#Cc1c(F)ccc2cc(O)cc(-c3ncc4c(N5CCN(C)S(=O)(=O)CC5)nc(OC[C@@]56CCCN5C[C@H](F)C6)nc4c3F)c12. The van der Waals surface area contributed by atoms with E-state index >= 15 is 4.39 Å². The number of likely N-dealkylation sites (N-methyl/N-ethyl adjacent to an activating group) is 1. The number of phenols is 1. The molecule has 3 aliphatic heterocycles. The van der Waals surface area contributed by atoms with E-state index in [-0.39, 0.29) is 82.7 Å². The standard InChI is InChI=1S/C32H31F3N6O4S/c1-3-22-25(34)6-5-19-13-21(42)14-23(26(19)22)28-27(35)29-24(16-36-28)30(40-10-9-39(2)46(43,44)12-11-40)38-31(37-29)45-18-32-7-4-8-41(32)17-20(33)15-32/h1,5-6,13-14,16,20,42H,4,7-12,15,17-18H2,2H3/t20-,32+/m1/s1. The van der Waals surface area contributed by atoms with E-state index in [0.717, 1.165) is 19.4 Å². The van der Waals surface area contributed by atoms with Crippen LogP contribution in [0.1, 0.15) is 24.8 Å². The molecule has 0 radical (unpaired) electrons. The number of aromatic hydroxyl groups is 1. The second-order valence-corrected chi connectivity index (χ2v) is 14.4. The van der Waals surface area contributed by atoms with E-state index in [1.807, 2.05) is 0 Å². The Hall–Kier alpha value is -4.19. The summed E-state index contributed by atoms with van der Waals surface area (Å²) in [5.74, 6) is 0.579. The van der Waals surface area contributed by atoms with E-state index in [1.165, 1.54) is 41.8 Å². The maximum Gasteiger partial charge on any atom is 0.319 e. The number of rotatable bonds is 5. The van der Waals surface area contributed by atoms with E-state index in [9.17, 15) is 22.3 Å². The fourth-order valence-electron chi connectivity index (χ4n) is 7.02. The number of hydrogen-bond acceptors (Lipinski definition) is 9. The van der Waals surface area contributed by atoms with Crippen LogP contribution >= 0.6 is 0 Å². The Bertz CT molecular complexity index is 2040. The first-order chi connectivity index (χ1) is 22.0. The molecule has 1 N–H and O–H groups in total. The quantitative estimate of drug-likeness (QED) is 0.322. The zero-order valence-corrected chi connectivity index (χ0v) is 25.8. The molecular formula is C32H31F3N6O4S. The first-order valence-electron chi connectivity index (χ1n) is 15.0. The van der Waals surface area contributed by atoms with Gasteiger partial charge in [0.2, 0.25) is 10.0 Å². The largest absolute Gasteiger partial charge is 0.508 e. The predicted octanol–water partition coefficient (Wildman–Crippen LogP) is 3.85. The summed E-state index contributed by atoms with van der Waals surface area (Å²) >= 11 is 0. The van der Waals surface area contributed by atoms with Gasteiger partial charge in [0.15, 0.2) is 5.82 Å². The van der Waals surface area contributed by atoms with Crippen molar-refractivity contribution in [3.05, 3.63) is 47.7 Å². The number of nitrogens with zero attached hydrogens (tertiary/aromatic N) is 6. The smallest absolute Gasteiger partial charge is 0.319 e. The maximum absolute atomic E-state index is 16.7. The van der Waals surface area contributed by atoms with Gasteiger partial charge >= 0.3 is 6.01 Å². The van der Waals surface area contributed by atoms with Gasteiger partial charge in [0.25, 0.3) is 0 Å². The van der Waals surface area contributed by atoms with Crippen molar-refractivity contribution in [2.45, 2.75) is 31.0 Å². The Kier molecular flexibility index (Phi) is 7.45. The van der Waals surface area contributed by atoms with Gasteiger partial charge in [-0.3, -0.25) is 9.88 Å². The van der Waals surface area contributed by atoms with E-state index < -0.39 is 33.4 Å². The highest BCUT2D eigenvalue weighted by molar-refractivity contribution is 7.89. The van der Waals surface area contributed by atoms with Crippen LogP contribution < -0.4 is 9.64 Å². The van der Waals surface area contributed by atoms with Crippen LogP contribution in [0.5, 0.6) is 11.8 Å². The third kappa shape index (κ3) is 5.06. The molecule has 7 rings (SSSR count). The van der Waals surface area contributed by atoms with Crippen molar-refractivity contribution >= 4 is 37.5 Å². The Balaban J connectivity index is 1.39. The lowest BCUT2D eigenvalue weighted by atomic mass is 9.95. The molecule has 2 aromatic heterocycles. The van der Waals surface area contributed by atoms with Gasteiger partial charge in [-0.2, -0.15) is 9.97 Å². The molecule has 3 aliphatic rings. The van der Waals surface area contributed by atoms with Crippen LogP contribution in [0.15, 0.2) is 30.5 Å². The molecule has 10 nitrogen and oxygen atoms in total. The van der Waals surface area contributed by atoms with Crippen LogP contribution in [0.25, 0.3) is 32.9 Å². The normalized spacial score (nSPS) is 23.5. The summed E-state index contributed by atoms with van der Waals surface area (Å²) in [6.07, 6.45) is 7.98. The molecule has 0 amide bonds. The Morgan fingerprint density at radius 3 is 2.80 bits per heavy atom. The summed E-state index contributed by atoms with van der Waals surface area (Å²) in [7, 11) is -2.01. The van der Waals surface area contributed by atoms with Gasteiger partial charge in [-0.1, -0.05) is 12.0 Å². The Labute approximate surface area is 263 Å². The highest BCUT2D eigenvalue weighted by atomic mass is 32.2. The van der Waals surface area contributed by atoms with E-state index in [2.05, 4.69) is 25.8 Å². The minimum atomic E-state index is -3.51. The van der Waals surface area contributed by atoms with Crippen LogP contribution in [-0.2, 0) is 10.0 Å². The van der Waals surface area contributed by atoms with Gasteiger partial charge in [0.05, 0.1) is 22.2 Å². The summed E-state index contributed by atoms with van der Waals surface area (Å²) in [5, 5.41) is 11.3. The van der Waals surface area contributed by atoms with Crippen LogP contribution in [0.2, 0.25) is 0 Å². The van der Waals surface area contributed by atoms with Gasteiger partial charge in [0, 0.05) is 56.8 Å². The summed E-state index contributed by atoms with van der Waals surface area (Å²) in [6, 6.07) is 5.11. The Morgan fingerprint density at radius 2 is 2.00 bits per heavy atom. The molecule has 0 saturated carbocycles. The topological polar surface area (TPSA) is 112 Å². The monoisotopic (exact) mass is 652 g/mol. The second-order valence-electron chi connectivity index (χ2n) is 12.2. The summed E-state index contributed by atoms with van der Waals surface area (Å²) in [5.41, 5.74) is -0.973. The lowest BCUT2D eigenvalue weighted by Gasteiger charge is -2.31. The van der Waals surface area contributed by atoms with Crippen molar-refractivity contribution in [3.8, 4) is 35.4 Å². The second kappa shape index (κ2) is 11.3. The Morgan fingerprint density at radius 1 is 1.17 bits per heavy atom. The van der Waals surface area contributed by atoms with Crippen molar-refractivity contribution in [1.29, 1.82) is 0 Å². The molecule has 4 aromatic rings. The summed E-state index contributed by atoms with van der Waals surface area (Å²) in [4.78, 5) is 17.2. The minimum Gasteiger partial charge on any atom is -0.508 e. The van der Waals surface area contributed by atoms with Crippen molar-refractivity contribution < 1.29 is 31.4 Å². The molecule has 0 unspecified atom stereocenters. The third-order valence-corrected chi connectivity index (χ3v) is 11.2. The molecule has 0 aliphatic carbocycles. The van der Waals surface area contributed by atoms with Crippen molar-refractivity contribution in [3.63, 3.8) is 0 Å². The lowest BCUT2D eigenvalue weighted by Crippen LogP contribution is -2.43. The molecular weight excluding hydrogens is 621 g/mol. The van der Waals surface area contributed by atoms with E-state index in [1.54, 1.807) is 4.90 Å². The number of terminal acetylenes is 1. The van der Waals surface area contributed by atoms with Crippen LogP contribution in [-0.4, -0.2) is 102 Å². The van der Waals surface area contributed by atoms with E-state index in [4.69, 9.17) is 11.2 Å². The van der Waals surface area contributed by atoms with Crippen LogP contribution in [0, 0.1) is 24.0 Å². The number of aromatic nitrogens is 3. The van der Waals surface area contributed by atoms with E-state index in [0.29, 0.717) is 18.4 Å². The first-order valence-corrected chi connectivity index (χ1v) is 16.6. The summed E-state index contributed by atoms with van der Waals surface area (Å²) < 4.78 is 78.6.